The molecular formula is C13H25NO10. The van der Waals surface area contributed by atoms with Gasteiger partial charge in [-0.2, -0.15) is 0 Å². The first-order chi connectivity index (χ1) is 11.2. The van der Waals surface area contributed by atoms with Crippen LogP contribution in [0, 0.1) is 0 Å². The predicted molar refractivity (Wildman–Crippen MR) is 75.5 cm³/mol. The van der Waals surface area contributed by atoms with Crippen molar-refractivity contribution in [3.8, 4) is 0 Å². The van der Waals surface area contributed by atoms with Crippen LogP contribution in [0.2, 0.25) is 0 Å². The molecule has 2 aliphatic rings. The summed E-state index contributed by atoms with van der Waals surface area (Å²) in [6.07, 6.45) is -11.5. The van der Waals surface area contributed by atoms with Gasteiger partial charge < -0.3 is 50.3 Å². The largest absolute Gasteiger partial charge is 0.395 e. The molecule has 0 aromatic heterocycles. The van der Waals surface area contributed by atoms with Gasteiger partial charge in [-0.3, -0.25) is 5.32 Å². The molecule has 2 heterocycles. The van der Waals surface area contributed by atoms with Gasteiger partial charge in [-0.15, -0.1) is 0 Å². The van der Waals surface area contributed by atoms with Crippen molar-refractivity contribution < 1.29 is 50.3 Å². The summed E-state index contributed by atoms with van der Waals surface area (Å²) in [4.78, 5) is 0. The highest BCUT2D eigenvalue weighted by Gasteiger charge is 2.62. The quantitative estimate of drug-likeness (QED) is 0.233. The Morgan fingerprint density at radius 3 is 2.00 bits per heavy atom. The molecule has 2 saturated heterocycles. The second-order valence-corrected chi connectivity index (χ2v) is 6.10. The normalized spacial score (nSPS) is 53.1. The van der Waals surface area contributed by atoms with Gasteiger partial charge in [-0.1, -0.05) is 0 Å². The first kappa shape index (κ1) is 19.9. The highest BCUT2D eigenvalue weighted by Crippen LogP contribution is 2.37. The molecule has 2 fully saturated rings. The summed E-state index contributed by atoms with van der Waals surface area (Å²) in [6.45, 7) is -1.32. The fourth-order valence-electron chi connectivity index (χ4n) is 3.30. The Balaban J connectivity index is 2.40. The molecule has 0 aromatic carbocycles. The van der Waals surface area contributed by atoms with Crippen LogP contribution in [0.15, 0.2) is 0 Å². The van der Waals surface area contributed by atoms with Crippen molar-refractivity contribution in [1.82, 2.24) is 5.32 Å². The molecule has 11 heteroatoms. The van der Waals surface area contributed by atoms with Crippen LogP contribution in [0.5, 0.6) is 0 Å². The molecule has 0 bridgehead atoms. The maximum atomic E-state index is 10.4. The van der Waals surface area contributed by atoms with Gasteiger partial charge >= 0.3 is 0 Å². The lowest BCUT2D eigenvalue weighted by Gasteiger charge is -2.54. The average molecular weight is 355 g/mol. The van der Waals surface area contributed by atoms with Crippen molar-refractivity contribution in [2.24, 2.45) is 0 Å². The minimum Gasteiger partial charge on any atom is -0.395 e. The standard InChI is InChI=1S/C13H25NO10/c1-23-13(12(22)10(21)7(18)5(3-16)24-13)11-9(20)8(19)6(17)4(2-15)14-11/h4-12,14-22H,2-3H2,1H3. The third-order valence-corrected chi connectivity index (χ3v) is 4.78. The first-order valence-electron chi connectivity index (χ1n) is 7.54. The zero-order chi connectivity index (χ0) is 18.2. The molecule has 0 aromatic rings. The second-order valence-electron chi connectivity index (χ2n) is 6.10. The molecule has 0 saturated carbocycles. The fraction of sp³-hybridized carbons (Fsp3) is 1.00. The van der Waals surface area contributed by atoms with E-state index in [2.05, 4.69) is 5.32 Å². The van der Waals surface area contributed by atoms with E-state index in [-0.39, 0.29) is 0 Å². The van der Waals surface area contributed by atoms with E-state index in [9.17, 15) is 40.9 Å². The Bertz CT molecular complexity index is 424. The lowest BCUT2D eigenvalue weighted by Crippen LogP contribution is -2.79. The van der Waals surface area contributed by atoms with Crippen LogP contribution in [0.4, 0.5) is 0 Å². The monoisotopic (exact) mass is 355 g/mol. The van der Waals surface area contributed by atoms with E-state index in [0.29, 0.717) is 0 Å². The van der Waals surface area contributed by atoms with E-state index >= 15 is 0 Å². The average Bonchev–Trinajstić information content (AvgIpc) is 2.59. The maximum Gasteiger partial charge on any atom is 0.215 e. The van der Waals surface area contributed by atoms with Crippen molar-refractivity contribution in [3.05, 3.63) is 0 Å². The lowest BCUT2D eigenvalue weighted by atomic mass is 9.80. The number of rotatable bonds is 4. The molecule has 0 radical (unpaired) electrons. The fourth-order valence-corrected chi connectivity index (χ4v) is 3.30. The molecule has 11 nitrogen and oxygen atoms in total. The van der Waals surface area contributed by atoms with Gasteiger partial charge in [0.05, 0.1) is 31.4 Å². The lowest BCUT2D eigenvalue weighted by molar-refractivity contribution is -0.378. The Kier molecular flexibility index (Phi) is 6.16. The molecular weight excluding hydrogens is 330 g/mol. The van der Waals surface area contributed by atoms with Gasteiger partial charge in [0.25, 0.3) is 0 Å². The van der Waals surface area contributed by atoms with Crippen molar-refractivity contribution in [1.29, 1.82) is 0 Å². The molecule has 24 heavy (non-hydrogen) atoms. The smallest absolute Gasteiger partial charge is 0.215 e. The zero-order valence-electron chi connectivity index (χ0n) is 13.0. The Labute approximate surface area is 137 Å². The summed E-state index contributed by atoms with van der Waals surface area (Å²) in [5.41, 5.74) is 0. The molecule has 2 rings (SSSR count). The summed E-state index contributed by atoms with van der Waals surface area (Å²) in [6, 6.07) is -2.47. The molecule has 10 atom stereocenters. The molecule has 142 valence electrons. The number of methoxy groups -OCH3 is 1. The number of hydrogen-bond donors (Lipinski definition) is 9. The van der Waals surface area contributed by atoms with Crippen LogP contribution in [0.25, 0.3) is 0 Å². The van der Waals surface area contributed by atoms with Crippen molar-refractivity contribution in [2.75, 3.05) is 20.3 Å². The maximum absolute atomic E-state index is 10.4. The van der Waals surface area contributed by atoms with E-state index < -0.39 is 73.8 Å². The van der Waals surface area contributed by atoms with Gasteiger partial charge in [0.15, 0.2) is 0 Å². The summed E-state index contributed by atoms with van der Waals surface area (Å²) in [5.74, 6) is -2.17. The third-order valence-electron chi connectivity index (χ3n) is 4.78. The van der Waals surface area contributed by atoms with Crippen molar-refractivity contribution in [2.45, 2.75) is 60.6 Å². The van der Waals surface area contributed by atoms with Gasteiger partial charge in [-0.05, 0) is 0 Å². The van der Waals surface area contributed by atoms with Crippen molar-refractivity contribution >= 4 is 0 Å². The molecule has 0 aliphatic carbocycles. The molecule has 9 N–H and O–H groups in total. The zero-order valence-corrected chi connectivity index (χ0v) is 13.0. The number of hydrogen-bond acceptors (Lipinski definition) is 11. The first-order valence-corrected chi connectivity index (χ1v) is 7.54. The summed E-state index contributed by atoms with van der Waals surface area (Å²) >= 11 is 0. The van der Waals surface area contributed by atoms with Gasteiger partial charge in [0.2, 0.25) is 5.79 Å². The number of aliphatic hydroxyl groups is 8. The molecule has 0 amide bonds. The van der Waals surface area contributed by atoms with Gasteiger partial charge in [0, 0.05) is 7.11 Å². The SMILES string of the molecule is COC1(C2NC(CO)C(O)C(O)C2O)OC(CO)C(O)C(O)C1O. The van der Waals surface area contributed by atoms with E-state index in [1.807, 2.05) is 0 Å². The Morgan fingerprint density at radius 2 is 1.50 bits per heavy atom. The van der Waals surface area contributed by atoms with E-state index in [0.717, 1.165) is 7.11 Å². The number of nitrogens with one attached hydrogen (secondary N) is 1. The number of ether oxygens (including phenoxy) is 2. The highest BCUT2D eigenvalue weighted by molar-refractivity contribution is 5.10. The predicted octanol–water partition coefficient (Wildman–Crippen LogP) is -5.78. The molecule has 0 spiro atoms. The Hall–Kier alpha value is -0.440. The third kappa shape index (κ3) is 2.95. The van der Waals surface area contributed by atoms with Crippen LogP contribution in [-0.2, 0) is 9.47 Å². The van der Waals surface area contributed by atoms with Crippen LogP contribution >= 0.6 is 0 Å². The summed E-state index contributed by atoms with van der Waals surface area (Å²) in [5, 5.41) is 81.5. The van der Waals surface area contributed by atoms with Crippen LogP contribution in [0.3, 0.4) is 0 Å². The second kappa shape index (κ2) is 7.43. The number of piperidine rings is 1. The summed E-state index contributed by atoms with van der Waals surface area (Å²) < 4.78 is 10.6. The van der Waals surface area contributed by atoms with Crippen molar-refractivity contribution in [3.63, 3.8) is 0 Å². The van der Waals surface area contributed by atoms with Gasteiger partial charge in [0.1, 0.15) is 36.6 Å². The number of aliphatic hydroxyl groups excluding tert-OH is 8. The summed E-state index contributed by atoms with van der Waals surface area (Å²) in [7, 11) is 1.10. The van der Waals surface area contributed by atoms with Crippen LogP contribution in [-0.4, -0.2) is 122 Å². The highest BCUT2D eigenvalue weighted by atomic mass is 16.7. The van der Waals surface area contributed by atoms with E-state index in [4.69, 9.17) is 9.47 Å². The minimum absolute atomic E-state index is 0.605. The molecule has 10 unspecified atom stereocenters. The molecule has 2 aliphatic heterocycles. The minimum atomic E-state index is -2.17. The van der Waals surface area contributed by atoms with E-state index in [1.54, 1.807) is 0 Å². The Morgan fingerprint density at radius 1 is 0.875 bits per heavy atom. The van der Waals surface area contributed by atoms with Gasteiger partial charge in [-0.25, -0.2) is 0 Å². The van der Waals surface area contributed by atoms with Crippen LogP contribution in [0.1, 0.15) is 0 Å². The van der Waals surface area contributed by atoms with Crippen LogP contribution < -0.4 is 5.32 Å². The van der Waals surface area contributed by atoms with E-state index in [1.165, 1.54) is 0 Å². The topological polar surface area (TPSA) is 192 Å².